The Hall–Kier alpha value is -0.835. The smallest absolute Gasteiger partial charge is 0.399 e. The lowest BCUT2D eigenvalue weighted by Crippen LogP contribution is -2.41. The molecule has 0 bridgehead atoms. The van der Waals surface area contributed by atoms with Crippen molar-refractivity contribution in [2.24, 2.45) is 0 Å². The average Bonchev–Trinajstić information content (AvgIpc) is 2.68. The van der Waals surface area contributed by atoms with Gasteiger partial charge in [-0.15, -0.1) is 0 Å². The normalized spacial score (nSPS) is 27.1. The molecule has 2 aliphatic rings. The fraction of sp³-hybridized carbons (Fsp3) is 0.667. The van der Waals surface area contributed by atoms with E-state index in [2.05, 4.69) is 52.8 Å². The van der Waals surface area contributed by atoms with Crippen LogP contribution in [0.1, 0.15) is 64.2 Å². The standard InChI is InChI=1S/C18H27BO3/c1-13-9-10-15(14(12-13)16-8-6-7-11-20-16)19-21-17(2,3)18(4,5)22-19/h9-10,12,16H,6-8,11H2,1-5H3. The van der Waals surface area contributed by atoms with Crippen LogP contribution in [0.3, 0.4) is 0 Å². The fourth-order valence-electron chi connectivity index (χ4n) is 3.14. The summed E-state index contributed by atoms with van der Waals surface area (Å²) >= 11 is 0. The van der Waals surface area contributed by atoms with Crippen LogP contribution in [0.5, 0.6) is 0 Å². The summed E-state index contributed by atoms with van der Waals surface area (Å²) in [4.78, 5) is 0. The topological polar surface area (TPSA) is 27.7 Å². The molecule has 1 aromatic rings. The van der Waals surface area contributed by atoms with Crippen LogP contribution in [0, 0.1) is 6.92 Å². The molecule has 0 aliphatic carbocycles. The molecule has 0 saturated carbocycles. The highest BCUT2D eigenvalue weighted by molar-refractivity contribution is 6.62. The summed E-state index contributed by atoms with van der Waals surface area (Å²) in [5, 5.41) is 0. The van der Waals surface area contributed by atoms with Crippen LogP contribution in [0.25, 0.3) is 0 Å². The Kier molecular flexibility index (Phi) is 4.13. The molecule has 120 valence electrons. The monoisotopic (exact) mass is 302 g/mol. The van der Waals surface area contributed by atoms with Gasteiger partial charge < -0.3 is 14.0 Å². The van der Waals surface area contributed by atoms with Crippen LogP contribution < -0.4 is 5.46 Å². The highest BCUT2D eigenvalue weighted by Crippen LogP contribution is 2.37. The first-order chi connectivity index (χ1) is 10.3. The minimum Gasteiger partial charge on any atom is -0.399 e. The molecular formula is C18H27BO3. The zero-order valence-corrected chi connectivity index (χ0v) is 14.4. The lowest BCUT2D eigenvalue weighted by atomic mass is 9.73. The van der Waals surface area contributed by atoms with Gasteiger partial charge in [0.2, 0.25) is 0 Å². The summed E-state index contributed by atoms with van der Waals surface area (Å²) in [6.45, 7) is 11.4. The number of benzene rings is 1. The van der Waals surface area contributed by atoms with Crippen LogP contribution in [0.2, 0.25) is 0 Å². The van der Waals surface area contributed by atoms with Gasteiger partial charge in [0.25, 0.3) is 0 Å². The van der Waals surface area contributed by atoms with E-state index in [4.69, 9.17) is 14.0 Å². The number of rotatable bonds is 2. The zero-order chi connectivity index (χ0) is 16.0. The van der Waals surface area contributed by atoms with E-state index >= 15 is 0 Å². The van der Waals surface area contributed by atoms with Gasteiger partial charge in [0.1, 0.15) is 0 Å². The molecule has 2 fully saturated rings. The van der Waals surface area contributed by atoms with Crippen molar-refractivity contribution in [3.63, 3.8) is 0 Å². The minimum absolute atomic E-state index is 0.169. The van der Waals surface area contributed by atoms with Crippen LogP contribution in [-0.4, -0.2) is 24.9 Å². The first kappa shape index (κ1) is 16.0. The Balaban J connectivity index is 1.94. The van der Waals surface area contributed by atoms with Gasteiger partial charge in [-0.3, -0.25) is 0 Å². The van der Waals surface area contributed by atoms with Crippen molar-refractivity contribution in [2.45, 2.75) is 71.2 Å². The van der Waals surface area contributed by atoms with Gasteiger partial charge in [0, 0.05) is 6.61 Å². The molecule has 0 spiro atoms. The van der Waals surface area contributed by atoms with E-state index in [0.29, 0.717) is 0 Å². The summed E-state index contributed by atoms with van der Waals surface area (Å²) in [5.74, 6) is 0. The van der Waals surface area contributed by atoms with Crippen LogP contribution in [0.4, 0.5) is 0 Å². The Morgan fingerprint density at radius 1 is 1.05 bits per heavy atom. The molecule has 2 heterocycles. The van der Waals surface area contributed by atoms with E-state index in [-0.39, 0.29) is 24.4 Å². The second-order valence-corrected chi connectivity index (χ2v) is 7.58. The van der Waals surface area contributed by atoms with Crippen molar-refractivity contribution < 1.29 is 14.0 Å². The van der Waals surface area contributed by atoms with Crippen molar-refractivity contribution in [1.82, 2.24) is 0 Å². The van der Waals surface area contributed by atoms with E-state index in [1.54, 1.807) is 0 Å². The summed E-state index contributed by atoms with van der Waals surface area (Å²) in [7, 11) is -0.314. The molecule has 22 heavy (non-hydrogen) atoms. The van der Waals surface area contributed by atoms with Crippen LogP contribution in [-0.2, 0) is 14.0 Å². The molecule has 0 radical (unpaired) electrons. The number of hydrogen-bond acceptors (Lipinski definition) is 3. The van der Waals surface area contributed by atoms with Gasteiger partial charge in [-0.1, -0.05) is 23.8 Å². The van der Waals surface area contributed by atoms with Crippen LogP contribution >= 0.6 is 0 Å². The second-order valence-electron chi connectivity index (χ2n) is 7.58. The third kappa shape index (κ3) is 2.84. The Labute approximate surface area is 134 Å². The molecule has 4 heteroatoms. The molecule has 0 N–H and O–H groups in total. The average molecular weight is 302 g/mol. The molecule has 2 aliphatic heterocycles. The zero-order valence-electron chi connectivity index (χ0n) is 14.4. The predicted molar refractivity (Wildman–Crippen MR) is 89.4 cm³/mol. The molecule has 3 rings (SSSR count). The molecule has 0 amide bonds. The third-order valence-corrected chi connectivity index (χ3v) is 5.28. The predicted octanol–water partition coefficient (Wildman–Crippen LogP) is 3.54. The summed E-state index contributed by atoms with van der Waals surface area (Å²) in [5.41, 5.74) is 2.99. The SMILES string of the molecule is Cc1ccc(B2OC(C)(C)C(C)(C)O2)c(C2CCCCO2)c1. The van der Waals surface area contributed by atoms with Crippen molar-refractivity contribution in [1.29, 1.82) is 0 Å². The minimum atomic E-state index is -0.314. The first-order valence-electron chi connectivity index (χ1n) is 8.38. The van der Waals surface area contributed by atoms with Gasteiger partial charge >= 0.3 is 7.12 Å². The lowest BCUT2D eigenvalue weighted by Gasteiger charge is -2.32. The van der Waals surface area contributed by atoms with Crippen molar-refractivity contribution in [2.75, 3.05) is 6.61 Å². The molecule has 1 atom stereocenters. The summed E-state index contributed by atoms with van der Waals surface area (Å²) in [6, 6.07) is 6.51. The molecule has 2 saturated heterocycles. The van der Waals surface area contributed by atoms with Gasteiger partial charge in [-0.05, 0) is 64.9 Å². The fourth-order valence-corrected chi connectivity index (χ4v) is 3.14. The molecule has 1 aromatic carbocycles. The number of ether oxygens (including phenoxy) is 1. The highest BCUT2D eigenvalue weighted by Gasteiger charge is 2.52. The first-order valence-corrected chi connectivity index (χ1v) is 8.38. The van der Waals surface area contributed by atoms with Gasteiger partial charge in [-0.25, -0.2) is 0 Å². The maximum absolute atomic E-state index is 6.24. The Morgan fingerprint density at radius 3 is 2.32 bits per heavy atom. The van der Waals surface area contributed by atoms with Crippen molar-refractivity contribution in [3.8, 4) is 0 Å². The summed E-state index contributed by atoms with van der Waals surface area (Å²) in [6.07, 6.45) is 3.63. The number of aryl methyl sites for hydroxylation is 1. The quantitative estimate of drug-likeness (QED) is 0.782. The van der Waals surface area contributed by atoms with E-state index in [1.165, 1.54) is 17.5 Å². The van der Waals surface area contributed by atoms with E-state index < -0.39 is 0 Å². The van der Waals surface area contributed by atoms with Crippen LogP contribution in [0.15, 0.2) is 18.2 Å². The Bertz CT molecular complexity index is 531. The summed E-state index contributed by atoms with van der Waals surface area (Å²) < 4.78 is 18.5. The third-order valence-electron chi connectivity index (χ3n) is 5.28. The number of hydrogen-bond donors (Lipinski definition) is 0. The van der Waals surface area contributed by atoms with Gasteiger partial charge in [0.15, 0.2) is 0 Å². The van der Waals surface area contributed by atoms with Gasteiger partial charge in [0.05, 0.1) is 17.3 Å². The molecule has 3 nitrogen and oxygen atoms in total. The van der Waals surface area contributed by atoms with E-state index in [0.717, 1.165) is 24.9 Å². The second kappa shape index (κ2) is 5.66. The van der Waals surface area contributed by atoms with E-state index in [9.17, 15) is 0 Å². The Morgan fingerprint density at radius 2 is 1.73 bits per heavy atom. The maximum Gasteiger partial charge on any atom is 0.495 e. The van der Waals surface area contributed by atoms with Crippen molar-refractivity contribution in [3.05, 3.63) is 29.3 Å². The van der Waals surface area contributed by atoms with E-state index in [1.807, 2.05) is 0 Å². The largest absolute Gasteiger partial charge is 0.495 e. The lowest BCUT2D eigenvalue weighted by molar-refractivity contribution is 0.00578. The van der Waals surface area contributed by atoms with Crippen molar-refractivity contribution >= 4 is 12.6 Å². The molecular weight excluding hydrogens is 275 g/mol. The molecule has 0 aromatic heterocycles. The highest BCUT2D eigenvalue weighted by atomic mass is 16.7. The van der Waals surface area contributed by atoms with Gasteiger partial charge in [-0.2, -0.15) is 0 Å². The molecule has 1 unspecified atom stereocenters. The maximum atomic E-state index is 6.24.